The molecule has 3 heteroatoms. The van der Waals surface area contributed by atoms with E-state index >= 15 is 0 Å². The van der Waals surface area contributed by atoms with E-state index in [0.29, 0.717) is 36.0 Å². The fourth-order valence-corrected chi connectivity index (χ4v) is 7.71. The van der Waals surface area contributed by atoms with Crippen molar-refractivity contribution in [1.29, 1.82) is 0 Å². The molecule has 4 aliphatic rings. The topological polar surface area (TPSA) is 60.7 Å². The number of rotatable bonds is 5. The molecule has 33 heavy (non-hydrogen) atoms. The van der Waals surface area contributed by atoms with Gasteiger partial charge in [-0.2, -0.15) is 0 Å². The summed E-state index contributed by atoms with van der Waals surface area (Å²) in [6.07, 6.45) is 19.4. The zero-order valence-corrected chi connectivity index (χ0v) is 21.1. The number of fused-ring (bicyclic) bond motifs is 1. The molecule has 0 heterocycles. The molecule has 0 amide bonds. The van der Waals surface area contributed by atoms with Crippen LogP contribution in [0.2, 0.25) is 0 Å². The number of aliphatic hydroxyl groups excluding tert-OH is 2. The van der Waals surface area contributed by atoms with Crippen LogP contribution in [0.25, 0.3) is 0 Å². The van der Waals surface area contributed by atoms with Gasteiger partial charge in [-0.05, 0) is 85.7 Å². The zero-order chi connectivity index (χ0) is 23.8. The van der Waals surface area contributed by atoms with Gasteiger partial charge in [0.2, 0.25) is 0 Å². The van der Waals surface area contributed by atoms with Crippen LogP contribution in [0.3, 0.4) is 0 Å². The Morgan fingerprint density at radius 2 is 1.73 bits per heavy atom. The third kappa shape index (κ3) is 4.97. The Kier molecular flexibility index (Phi) is 7.44. The summed E-state index contributed by atoms with van der Waals surface area (Å²) in [6.45, 7) is 11.2. The van der Waals surface area contributed by atoms with E-state index in [1.807, 2.05) is 0 Å². The molecular weight excluding hydrogens is 408 g/mol. The molecule has 0 aromatic heterocycles. The van der Waals surface area contributed by atoms with E-state index in [4.69, 9.17) is 0 Å². The van der Waals surface area contributed by atoms with Gasteiger partial charge >= 0.3 is 0 Å². The maximum Gasteiger partial charge on any atom is 0.0811 e. The van der Waals surface area contributed by atoms with E-state index in [1.165, 1.54) is 25.7 Å². The average Bonchev–Trinajstić information content (AvgIpc) is 3.37. The Morgan fingerprint density at radius 3 is 2.45 bits per heavy atom. The van der Waals surface area contributed by atoms with E-state index in [0.717, 1.165) is 43.3 Å². The Labute approximate surface area is 201 Å². The van der Waals surface area contributed by atoms with Crippen molar-refractivity contribution >= 4 is 0 Å². The van der Waals surface area contributed by atoms with Gasteiger partial charge in [0.1, 0.15) is 0 Å². The van der Waals surface area contributed by atoms with Crippen LogP contribution in [0.15, 0.2) is 47.6 Å². The van der Waals surface area contributed by atoms with Crippen LogP contribution in [-0.2, 0) is 0 Å². The highest BCUT2D eigenvalue weighted by molar-refractivity contribution is 5.38. The number of hydrogen-bond acceptors (Lipinski definition) is 3. The smallest absolute Gasteiger partial charge is 0.0811 e. The first-order chi connectivity index (χ1) is 15.6. The molecule has 4 fully saturated rings. The van der Waals surface area contributed by atoms with E-state index in [1.54, 1.807) is 5.57 Å². The molecule has 184 valence electrons. The maximum absolute atomic E-state index is 10.9. The molecule has 7 atom stereocenters. The first-order valence-corrected chi connectivity index (χ1v) is 13.5. The molecule has 3 N–H and O–H groups in total. The lowest BCUT2D eigenvalue weighted by Gasteiger charge is -2.44. The Balaban J connectivity index is 1.47. The van der Waals surface area contributed by atoms with Gasteiger partial charge in [0.05, 0.1) is 17.8 Å². The lowest BCUT2D eigenvalue weighted by Crippen LogP contribution is -2.36. The third-order valence-corrected chi connectivity index (χ3v) is 9.96. The predicted octanol–water partition coefficient (Wildman–Crippen LogP) is 6.26. The Morgan fingerprint density at radius 1 is 1.00 bits per heavy atom. The standard InChI is InChI=1S/C30H46O3/c1-20(9-10-21(2)30(33)16-5-6-17-30)26-13-14-27-23(8-7-15-29(26,27)4)11-12-24-18-25(31)19-28(32)22(24)3/h9-12,20-21,25-28,31-33H,3,5-8,13-19H2,1-2,4H3/b10-9+,23-11+,24-12-/t20-,21-,25-,26-,27?,28?,29?/m1/s1. The largest absolute Gasteiger partial charge is 0.393 e. The van der Waals surface area contributed by atoms with Crippen LogP contribution in [-0.4, -0.2) is 33.1 Å². The van der Waals surface area contributed by atoms with E-state index in [9.17, 15) is 15.3 Å². The predicted molar refractivity (Wildman–Crippen MR) is 136 cm³/mol. The monoisotopic (exact) mass is 454 g/mol. The van der Waals surface area contributed by atoms with Crippen LogP contribution in [0, 0.1) is 29.1 Å². The SMILES string of the molecule is C=C1/C(=C\C=C2/CCCC3(C)C2CC[C@@H]3[C@H](C)/C=C/[C@@H](C)C2(O)CCCC2)C[C@@H](O)CC1O. The van der Waals surface area contributed by atoms with Gasteiger partial charge in [-0.25, -0.2) is 0 Å². The lowest BCUT2D eigenvalue weighted by molar-refractivity contribution is 0.0124. The molecule has 0 bridgehead atoms. The van der Waals surface area contributed by atoms with Crippen molar-refractivity contribution in [3.8, 4) is 0 Å². The van der Waals surface area contributed by atoms with Crippen molar-refractivity contribution in [3.05, 3.63) is 47.6 Å². The van der Waals surface area contributed by atoms with E-state index in [2.05, 4.69) is 51.7 Å². The number of allylic oxidation sites excluding steroid dienone is 4. The molecule has 0 aromatic carbocycles. The van der Waals surface area contributed by atoms with Gasteiger partial charge in [0, 0.05) is 12.3 Å². The highest BCUT2D eigenvalue weighted by Crippen LogP contribution is 2.59. The average molecular weight is 455 g/mol. The van der Waals surface area contributed by atoms with E-state index < -0.39 is 17.8 Å². The molecule has 4 saturated carbocycles. The van der Waals surface area contributed by atoms with Crippen molar-refractivity contribution in [2.75, 3.05) is 0 Å². The molecule has 4 aliphatic carbocycles. The molecule has 0 saturated heterocycles. The Bertz CT molecular complexity index is 814. The van der Waals surface area contributed by atoms with Gasteiger partial charge in [0.15, 0.2) is 0 Å². The molecule has 4 rings (SSSR count). The lowest BCUT2D eigenvalue weighted by atomic mass is 9.61. The van der Waals surface area contributed by atoms with E-state index in [-0.39, 0.29) is 5.92 Å². The highest BCUT2D eigenvalue weighted by atomic mass is 16.3. The molecular formula is C30H46O3. The summed E-state index contributed by atoms with van der Waals surface area (Å²) in [5, 5.41) is 31.2. The third-order valence-electron chi connectivity index (χ3n) is 9.96. The minimum absolute atomic E-state index is 0.232. The Hall–Kier alpha value is -1.16. The van der Waals surface area contributed by atoms with Crippen LogP contribution < -0.4 is 0 Å². The van der Waals surface area contributed by atoms with Crippen molar-refractivity contribution in [2.45, 2.75) is 109 Å². The molecule has 0 aliphatic heterocycles. The maximum atomic E-state index is 10.9. The van der Waals surface area contributed by atoms with Crippen molar-refractivity contribution in [2.24, 2.45) is 29.1 Å². The summed E-state index contributed by atoms with van der Waals surface area (Å²) in [4.78, 5) is 0. The molecule has 0 radical (unpaired) electrons. The first kappa shape index (κ1) is 24.9. The van der Waals surface area contributed by atoms with Crippen LogP contribution in [0.5, 0.6) is 0 Å². The first-order valence-electron chi connectivity index (χ1n) is 13.5. The summed E-state index contributed by atoms with van der Waals surface area (Å²) in [7, 11) is 0. The van der Waals surface area contributed by atoms with Crippen LogP contribution in [0.4, 0.5) is 0 Å². The zero-order valence-electron chi connectivity index (χ0n) is 21.1. The van der Waals surface area contributed by atoms with Crippen LogP contribution in [0.1, 0.15) is 91.4 Å². The van der Waals surface area contributed by atoms with Crippen LogP contribution >= 0.6 is 0 Å². The van der Waals surface area contributed by atoms with Crippen molar-refractivity contribution < 1.29 is 15.3 Å². The van der Waals surface area contributed by atoms with Gasteiger partial charge in [-0.1, -0.05) is 70.1 Å². The molecule has 0 spiro atoms. The van der Waals surface area contributed by atoms with Gasteiger partial charge in [0.25, 0.3) is 0 Å². The molecule has 3 nitrogen and oxygen atoms in total. The second-order valence-electron chi connectivity index (χ2n) is 12.0. The van der Waals surface area contributed by atoms with Crippen molar-refractivity contribution in [1.82, 2.24) is 0 Å². The normalized spacial score (nSPS) is 41.1. The quantitative estimate of drug-likeness (QED) is 0.430. The summed E-state index contributed by atoms with van der Waals surface area (Å²) >= 11 is 0. The summed E-state index contributed by atoms with van der Waals surface area (Å²) in [5.41, 5.74) is 3.16. The highest BCUT2D eigenvalue weighted by Gasteiger charge is 2.50. The molecule has 0 aromatic rings. The summed E-state index contributed by atoms with van der Waals surface area (Å²) < 4.78 is 0. The minimum atomic E-state index is -0.622. The number of aliphatic hydroxyl groups is 3. The summed E-state index contributed by atoms with van der Waals surface area (Å²) in [5.74, 6) is 2.05. The summed E-state index contributed by atoms with van der Waals surface area (Å²) in [6, 6.07) is 0. The second kappa shape index (κ2) is 9.84. The van der Waals surface area contributed by atoms with Gasteiger partial charge < -0.3 is 15.3 Å². The minimum Gasteiger partial charge on any atom is -0.393 e. The van der Waals surface area contributed by atoms with Gasteiger partial charge in [-0.3, -0.25) is 0 Å². The fourth-order valence-electron chi connectivity index (χ4n) is 7.71. The second-order valence-corrected chi connectivity index (χ2v) is 12.0. The molecule has 3 unspecified atom stereocenters. The fraction of sp³-hybridized carbons (Fsp3) is 0.733. The van der Waals surface area contributed by atoms with Crippen molar-refractivity contribution in [3.63, 3.8) is 0 Å². The van der Waals surface area contributed by atoms with Gasteiger partial charge in [-0.15, -0.1) is 0 Å². The number of hydrogen-bond donors (Lipinski definition) is 3.